The number of aromatic nitrogens is 1. The fraction of sp³-hybridized carbons (Fsp3) is 0.692. The van der Waals surface area contributed by atoms with E-state index < -0.39 is 0 Å². The van der Waals surface area contributed by atoms with Crippen molar-refractivity contribution in [3.05, 3.63) is 16.6 Å². The van der Waals surface area contributed by atoms with Crippen molar-refractivity contribution in [2.75, 3.05) is 0 Å². The summed E-state index contributed by atoms with van der Waals surface area (Å²) in [6.45, 7) is 0.487. The van der Waals surface area contributed by atoms with E-state index >= 15 is 0 Å². The summed E-state index contributed by atoms with van der Waals surface area (Å²) in [5.74, 6) is 0.590. The van der Waals surface area contributed by atoms with Crippen molar-refractivity contribution >= 4 is 29.7 Å². The van der Waals surface area contributed by atoms with Crippen LogP contribution in [0.25, 0.3) is 0 Å². The molecule has 19 heavy (non-hydrogen) atoms. The zero-order valence-electron chi connectivity index (χ0n) is 11.0. The Morgan fingerprint density at radius 1 is 1.47 bits per heavy atom. The van der Waals surface area contributed by atoms with Gasteiger partial charge in [-0.25, -0.2) is 4.98 Å². The Balaban J connectivity index is 0.00000180. The van der Waals surface area contributed by atoms with Gasteiger partial charge >= 0.3 is 0 Å². The minimum absolute atomic E-state index is 0. The summed E-state index contributed by atoms with van der Waals surface area (Å²) in [5, 5.41) is 4.79. The lowest BCUT2D eigenvalue weighted by Crippen LogP contribution is -2.41. The van der Waals surface area contributed by atoms with Crippen LogP contribution in [0.15, 0.2) is 10.9 Å². The van der Waals surface area contributed by atoms with E-state index in [0.717, 1.165) is 12.1 Å². The van der Waals surface area contributed by atoms with Crippen LogP contribution in [0, 0.1) is 5.92 Å². The molecule has 0 radical (unpaired) electrons. The number of amides is 1. The average molecular weight is 304 g/mol. The van der Waals surface area contributed by atoms with Crippen molar-refractivity contribution in [2.45, 2.75) is 51.1 Å². The van der Waals surface area contributed by atoms with Crippen molar-refractivity contribution in [3.8, 4) is 0 Å². The van der Waals surface area contributed by atoms with Gasteiger partial charge in [0.05, 0.1) is 23.8 Å². The molecule has 3 N–H and O–H groups in total. The molecule has 0 bridgehead atoms. The van der Waals surface area contributed by atoms with Gasteiger partial charge < -0.3 is 11.1 Å². The van der Waals surface area contributed by atoms with Gasteiger partial charge in [-0.15, -0.1) is 23.7 Å². The van der Waals surface area contributed by atoms with Crippen LogP contribution < -0.4 is 11.1 Å². The maximum Gasteiger partial charge on any atom is 0.237 e. The number of hydrogen-bond acceptors (Lipinski definition) is 4. The number of rotatable bonds is 5. The lowest BCUT2D eigenvalue weighted by molar-refractivity contribution is -0.123. The Morgan fingerprint density at radius 3 is 2.84 bits per heavy atom. The molecule has 0 aromatic carbocycles. The van der Waals surface area contributed by atoms with Crippen LogP contribution in [-0.4, -0.2) is 16.9 Å². The van der Waals surface area contributed by atoms with Crippen molar-refractivity contribution in [1.82, 2.24) is 10.3 Å². The predicted molar refractivity (Wildman–Crippen MR) is 80.4 cm³/mol. The van der Waals surface area contributed by atoms with E-state index in [-0.39, 0.29) is 24.4 Å². The Labute approximate surface area is 124 Å². The summed E-state index contributed by atoms with van der Waals surface area (Å²) in [6, 6.07) is -0.369. The monoisotopic (exact) mass is 303 g/mol. The van der Waals surface area contributed by atoms with Crippen LogP contribution >= 0.6 is 23.7 Å². The first-order valence-electron chi connectivity index (χ1n) is 6.66. The molecule has 1 aromatic rings. The topological polar surface area (TPSA) is 68.0 Å². The quantitative estimate of drug-likeness (QED) is 0.878. The molecule has 1 heterocycles. The van der Waals surface area contributed by atoms with Crippen molar-refractivity contribution < 1.29 is 4.79 Å². The zero-order chi connectivity index (χ0) is 12.8. The van der Waals surface area contributed by atoms with Crippen LogP contribution in [0.4, 0.5) is 0 Å². The molecule has 0 saturated heterocycles. The number of halogens is 1. The van der Waals surface area contributed by atoms with Crippen molar-refractivity contribution in [1.29, 1.82) is 0 Å². The molecule has 1 fully saturated rings. The number of carbonyl (C=O) groups is 1. The van der Waals surface area contributed by atoms with E-state index in [0.29, 0.717) is 12.5 Å². The minimum atomic E-state index is -0.369. The Hall–Kier alpha value is -0.650. The SMILES string of the molecule is Cl.NC(CC1CCCCC1)C(=O)NCc1cscn1. The van der Waals surface area contributed by atoms with Gasteiger partial charge in [0.2, 0.25) is 5.91 Å². The minimum Gasteiger partial charge on any atom is -0.349 e. The molecule has 1 unspecified atom stereocenters. The van der Waals surface area contributed by atoms with Gasteiger partial charge in [-0.05, 0) is 12.3 Å². The second kappa shape index (κ2) is 8.51. The molecule has 1 aliphatic rings. The molecule has 1 aliphatic carbocycles. The molecule has 108 valence electrons. The third kappa shape index (κ3) is 5.47. The van der Waals surface area contributed by atoms with Gasteiger partial charge in [-0.2, -0.15) is 0 Å². The number of carbonyl (C=O) groups excluding carboxylic acids is 1. The van der Waals surface area contributed by atoms with E-state index in [4.69, 9.17) is 5.73 Å². The first kappa shape index (κ1) is 16.4. The fourth-order valence-electron chi connectivity index (χ4n) is 2.52. The van der Waals surface area contributed by atoms with Gasteiger partial charge in [0.15, 0.2) is 0 Å². The number of nitrogens with zero attached hydrogens (tertiary/aromatic N) is 1. The van der Waals surface area contributed by atoms with Crippen LogP contribution in [0.1, 0.15) is 44.2 Å². The van der Waals surface area contributed by atoms with E-state index in [1.807, 2.05) is 5.38 Å². The Bertz CT molecular complexity index is 366. The highest BCUT2D eigenvalue weighted by Crippen LogP contribution is 2.26. The molecular weight excluding hydrogens is 282 g/mol. The lowest BCUT2D eigenvalue weighted by Gasteiger charge is -2.24. The molecule has 1 atom stereocenters. The zero-order valence-corrected chi connectivity index (χ0v) is 12.6. The fourth-order valence-corrected chi connectivity index (χ4v) is 3.08. The van der Waals surface area contributed by atoms with Gasteiger partial charge in [-0.1, -0.05) is 32.1 Å². The van der Waals surface area contributed by atoms with Crippen LogP contribution in [0.2, 0.25) is 0 Å². The summed E-state index contributed by atoms with van der Waals surface area (Å²) in [4.78, 5) is 16.0. The summed E-state index contributed by atoms with van der Waals surface area (Å²) in [6.07, 6.45) is 7.19. The number of nitrogens with one attached hydrogen (secondary N) is 1. The molecular formula is C13H22ClN3OS. The molecule has 0 aliphatic heterocycles. The summed E-state index contributed by atoms with van der Waals surface area (Å²) >= 11 is 1.53. The van der Waals surface area contributed by atoms with Gasteiger partial charge in [0.1, 0.15) is 0 Å². The van der Waals surface area contributed by atoms with Gasteiger partial charge in [0, 0.05) is 5.38 Å². The van der Waals surface area contributed by atoms with E-state index in [1.165, 1.54) is 43.4 Å². The van der Waals surface area contributed by atoms with E-state index in [9.17, 15) is 4.79 Å². The second-order valence-corrected chi connectivity index (χ2v) is 5.76. The van der Waals surface area contributed by atoms with Crippen LogP contribution in [-0.2, 0) is 11.3 Å². The van der Waals surface area contributed by atoms with Crippen molar-refractivity contribution in [3.63, 3.8) is 0 Å². The molecule has 1 saturated carbocycles. The molecule has 1 amide bonds. The highest BCUT2D eigenvalue weighted by molar-refractivity contribution is 7.07. The van der Waals surface area contributed by atoms with E-state index in [2.05, 4.69) is 10.3 Å². The number of thiazole rings is 1. The summed E-state index contributed by atoms with van der Waals surface area (Å²) in [5.41, 5.74) is 8.63. The van der Waals surface area contributed by atoms with Crippen LogP contribution in [0.5, 0.6) is 0 Å². The largest absolute Gasteiger partial charge is 0.349 e. The maximum atomic E-state index is 11.9. The van der Waals surface area contributed by atoms with Gasteiger partial charge in [0.25, 0.3) is 0 Å². The van der Waals surface area contributed by atoms with Gasteiger partial charge in [-0.3, -0.25) is 4.79 Å². The Kier molecular flexibility index (Phi) is 7.34. The normalized spacial score (nSPS) is 17.5. The summed E-state index contributed by atoms with van der Waals surface area (Å²) in [7, 11) is 0. The smallest absolute Gasteiger partial charge is 0.237 e. The first-order valence-corrected chi connectivity index (χ1v) is 7.60. The molecule has 2 rings (SSSR count). The summed E-state index contributed by atoms with van der Waals surface area (Å²) < 4.78 is 0. The van der Waals surface area contributed by atoms with Crippen molar-refractivity contribution in [2.24, 2.45) is 11.7 Å². The molecule has 0 spiro atoms. The predicted octanol–water partition coefficient (Wildman–Crippen LogP) is 2.48. The highest BCUT2D eigenvalue weighted by Gasteiger charge is 2.21. The standard InChI is InChI=1S/C13H21N3OS.ClH/c14-12(6-10-4-2-1-3-5-10)13(17)15-7-11-8-18-9-16-11;/h8-10,12H,1-7,14H2,(H,15,17);1H. The maximum absolute atomic E-state index is 11.9. The molecule has 4 nitrogen and oxygen atoms in total. The van der Waals surface area contributed by atoms with E-state index in [1.54, 1.807) is 5.51 Å². The average Bonchev–Trinajstić information content (AvgIpc) is 2.90. The first-order chi connectivity index (χ1) is 8.75. The molecule has 1 aromatic heterocycles. The number of hydrogen-bond donors (Lipinski definition) is 2. The second-order valence-electron chi connectivity index (χ2n) is 5.04. The van der Waals surface area contributed by atoms with Crippen LogP contribution in [0.3, 0.4) is 0 Å². The Morgan fingerprint density at radius 2 is 2.21 bits per heavy atom. The number of nitrogens with two attached hydrogens (primary N) is 1. The lowest BCUT2D eigenvalue weighted by atomic mass is 9.85. The molecule has 6 heteroatoms. The highest BCUT2D eigenvalue weighted by atomic mass is 35.5. The third-order valence-electron chi connectivity index (χ3n) is 3.58. The third-order valence-corrected chi connectivity index (χ3v) is 4.21.